The molecule has 6 heteroatoms. The van der Waals surface area contributed by atoms with Crippen LogP contribution in [0.3, 0.4) is 0 Å². The summed E-state index contributed by atoms with van der Waals surface area (Å²) in [6, 6.07) is 14.8. The molecule has 2 amide bonds. The van der Waals surface area contributed by atoms with Crippen molar-refractivity contribution < 1.29 is 9.59 Å². The van der Waals surface area contributed by atoms with Gasteiger partial charge in [-0.2, -0.15) is 0 Å². The van der Waals surface area contributed by atoms with Gasteiger partial charge in [0, 0.05) is 44.4 Å². The summed E-state index contributed by atoms with van der Waals surface area (Å²) in [5, 5.41) is 3.53. The maximum atomic E-state index is 12.7. The summed E-state index contributed by atoms with van der Waals surface area (Å²) in [6.07, 6.45) is 1.16. The second-order valence-corrected chi connectivity index (χ2v) is 8.66. The highest BCUT2D eigenvalue weighted by atomic mass is 32.1. The van der Waals surface area contributed by atoms with Crippen molar-refractivity contribution in [3.8, 4) is 0 Å². The molecular formula is C23H25N3O2S. The monoisotopic (exact) mass is 407 g/mol. The summed E-state index contributed by atoms with van der Waals surface area (Å²) >= 11 is 1.64. The second-order valence-electron chi connectivity index (χ2n) is 7.49. The van der Waals surface area contributed by atoms with E-state index in [0.29, 0.717) is 32.6 Å². The number of piperazine rings is 1. The van der Waals surface area contributed by atoms with Crippen molar-refractivity contribution in [2.24, 2.45) is 0 Å². The van der Waals surface area contributed by atoms with Crippen molar-refractivity contribution in [3.05, 3.63) is 63.6 Å². The third-order valence-corrected chi connectivity index (χ3v) is 6.71. The Morgan fingerprint density at radius 3 is 2.45 bits per heavy atom. The number of thiazole rings is 1. The number of hydrogen-bond acceptors (Lipinski definition) is 4. The molecule has 1 saturated heterocycles. The van der Waals surface area contributed by atoms with Crippen molar-refractivity contribution >= 4 is 33.9 Å². The molecule has 1 fully saturated rings. The van der Waals surface area contributed by atoms with Crippen LogP contribution in [0.5, 0.6) is 0 Å². The summed E-state index contributed by atoms with van der Waals surface area (Å²) < 4.78 is 0. The number of hydrogen-bond donors (Lipinski definition) is 0. The van der Waals surface area contributed by atoms with Gasteiger partial charge in [0.15, 0.2) is 0 Å². The smallest absolute Gasteiger partial charge is 0.228 e. The fourth-order valence-electron chi connectivity index (χ4n) is 3.86. The Bertz CT molecular complexity index is 1050. The molecule has 1 aromatic heterocycles. The summed E-state index contributed by atoms with van der Waals surface area (Å²) in [7, 11) is 0. The van der Waals surface area contributed by atoms with Gasteiger partial charge in [0.1, 0.15) is 0 Å². The molecule has 0 spiro atoms. The van der Waals surface area contributed by atoms with Gasteiger partial charge in [0.2, 0.25) is 11.8 Å². The molecule has 0 unspecified atom stereocenters. The van der Waals surface area contributed by atoms with Crippen molar-refractivity contribution in [3.63, 3.8) is 0 Å². The number of carbonyl (C=O) groups is 2. The van der Waals surface area contributed by atoms with E-state index in [4.69, 9.17) is 4.98 Å². The van der Waals surface area contributed by atoms with Gasteiger partial charge in [0.05, 0.1) is 17.1 Å². The van der Waals surface area contributed by atoms with E-state index in [2.05, 4.69) is 42.5 Å². The molecule has 2 heterocycles. The molecule has 150 valence electrons. The standard InChI is InChI=1S/C23H25N3O2S/c1-16-21(15-23(28)26-12-10-25(11-13-26)17(2)27)29-22(24-16)14-19-8-5-7-18-6-3-4-9-20(18)19/h3-9H,10-15H2,1-2H3. The van der Waals surface area contributed by atoms with Gasteiger partial charge in [-0.15, -0.1) is 11.3 Å². The highest BCUT2D eigenvalue weighted by molar-refractivity contribution is 7.11. The molecule has 1 aliphatic rings. The Kier molecular flexibility index (Phi) is 5.62. The zero-order valence-corrected chi connectivity index (χ0v) is 17.7. The van der Waals surface area contributed by atoms with E-state index in [0.717, 1.165) is 22.0 Å². The molecule has 0 aliphatic carbocycles. The lowest BCUT2D eigenvalue weighted by molar-refractivity contribution is -0.137. The largest absolute Gasteiger partial charge is 0.339 e. The second kappa shape index (κ2) is 8.33. The van der Waals surface area contributed by atoms with Crippen LogP contribution in [0.1, 0.15) is 28.1 Å². The minimum absolute atomic E-state index is 0.0773. The quantitative estimate of drug-likeness (QED) is 0.666. The maximum Gasteiger partial charge on any atom is 0.228 e. The van der Waals surface area contributed by atoms with E-state index < -0.39 is 0 Å². The van der Waals surface area contributed by atoms with Crippen LogP contribution in [0.2, 0.25) is 0 Å². The first-order valence-electron chi connectivity index (χ1n) is 9.96. The number of rotatable bonds is 4. The average molecular weight is 408 g/mol. The maximum absolute atomic E-state index is 12.7. The van der Waals surface area contributed by atoms with Crippen molar-refractivity contribution in [2.45, 2.75) is 26.7 Å². The molecule has 5 nitrogen and oxygen atoms in total. The predicted molar refractivity (Wildman–Crippen MR) is 116 cm³/mol. The Morgan fingerprint density at radius 2 is 1.69 bits per heavy atom. The van der Waals surface area contributed by atoms with Crippen LogP contribution in [0, 0.1) is 6.92 Å². The summed E-state index contributed by atoms with van der Waals surface area (Å²) in [6.45, 7) is 6.03. The summed E-state index contributed by atoms with van der Waals surface area (Å²) in [5.74, 6) is 0.199. The van der Waals surface area contributed by atoms with E-state index >= 15 is 0 Å². The average Bonchev–Trinajstić information content (AvgIpc) is 3.07. The lowest BCUT2D eigenvalue weighted by Gasteiger charge is -2.34. The highest BCUT2D eigenvalue weighted by Crippen LogP contribution is 2.26. The predicted octanol–water partition coefficient (Wildman–Crippen LogP) is 3.43. The lowest BCUT2D eigenvalue weighted by Crippen LogP contribution is -2.50. The van der Waals surface area contributed by atoms with Crippen LogP contribution < -0.4 is 0 Å². The molecule has 0 radical (unpaired) electrons. The zero-order chi connectivity index (χ0) is 20.4. The van der Waals surface area contributed by atoms with E-state index in [1.54, 1.807) is 23.2 Å². The van der Waals surface area contributed by atoms with Crippen molar-refractivity contribution in [2.75, 3.05) is 26.2 Å². The van der Waals surface area contributed by atoms with Gasteiger partial charge in [-0.05, 0) is 23.3 Å². The number of amides is 2. The van der Waals surface area contributed by atoms with Gasteiger partial charge in [-0.3, -0.25) is 9.59 Å². The van der Waals surface area contributed by atoms with Crippen LogP contribution in [0.15, 0.2) is 42.5 Å². The fourth-order valence-corrected chi connectivity index (χ4v) is 4.94. The number of nitrogens with zero attached hydrogens (tertiary/aromatic N) is 3. The van der Waals surface area contributed by atoms with Crippen LogP contribution in [-0.2, 0) is 22.4 Å². The third kappa shape index (κ3) is 4.32. The normalized spacial score (nSPS) is 14.4. The van der Waals surface area contributed by atoms with E-state index in [9.17, 15) is 9.59 Å². The Morgan fingerprint density at radius 1 is 1.00 bits per heavy atom. The van der Waals surface area contributed by atoms with Gasteiger partial charge in [-0.1, -0.05) is 42.5 Å². The molecule has 0 bridgehead atoms. The number of benzene rings is 2. The molecule has 3 aromatic rings. The van der Waals surface area contributed by atoms with Crippen LogP contribution in [0.25, 0.3) is 10.8 Å². The van der Waals surface area contributed by atoms with Crippen molar-refractivity contribution in [1.29, 1.82) is 0 Å². The van der Waals surface area contributed by atoms with Crippen LogP contribution >= 0.6 is 11.3 Å². The Balaban J connectivity index is 1.44. The zero-order valence-electron chi connectivity index (χ0n) is 16.9. The first kappa shape index (κ1) is 19.6. The van der Waals surface area contributed by atoms with Gasteiger partial charge in [0.25, 0.3) is 0 Å². The lowest BCUT2D eigenvalue weighted by atomic mass is 10.0. The molecule has 2 aromatic carbocycles. The number of aromatic nitrogens is 1. The fraction of sp³-hybridized carbons (Fsp3) is 0.348. The molecule has 0 saturated carbocycles. The first-order chi connectivity index (χ1) is 14.0. The van der Waals surface area contributed by atoms with Crippen LogP contribution in [0.4, 0.5) is 0 Å². The molecular weight excluding hydrogens is 382 g/mol. The first-order valence-corrected chi connectivity index (χ1v) is 10.8. The highest BCUT2D eigenvalue weighted by Gasteiger charge is 2.23. The molecule has 0 N–H and O–H groups in total. The van der Waals surface area contributed by atoms with E-state index in [1.165, 1.54) is 16.3 Å². The molecule has 0 atom stereocenters. The van der Waals surface area contributed by atoms with E-state index in [-0.39, 0.29) is 11.8 Å². The van der Waals surface area contributed by atoms with Gasteiger partial charge >= 0.3 is 0 Å². The SMILES string of the molecule is CC(=O)N1CCN(C(=O)Cc2sc(Cc3cccc4ccccc34)nc2C)CC1. The Labute approximate surface area is 175 Å². The minimum atomic E-state index is 0.0773. The number of carbonyl (C=O) groups excluding carboxylic acids is 2. The van der Waals surface area contributed by atoms with Crippen LogP contribution in [-0.4, -0.2) is 52.8 Å². The summed E-state index contributed by atoms with van der Waals surface area (Å²) in [5.41, 5.74) is 2.20. The third-order valence-electron chi connectivity index (χ3n) is 5.55. The van der Waals surface area contributed by atoms with Crippen molar-refractivity contribution in [1.82, 2.24) is 14.8 Å². The topological polar surface area (TPSA) is 53.5 Å². The molecule has 4 rings (SSSR count). The van der Waals surface area contributed by atoms with Gasteiger partial charge in [-0.25, -0.2) is 4.98 Å². The van der Waals surface area contributed by atoms with Gasteiger partial charge < -0.3 is 9.80 Å². The minimum Gasteiger partial charge on any atom is -0.339 e. The van der Waals surface area contributed by atoms with E-state index in [1.807, 2.05) is 11.8 Å². The number of aryl methyl sites for hydroxylation is 1. The molecule has 1 aliphatic heterocycles. The Hall–Kier alpha value is -2.73. The summed E-state index contributed by atoms with van der Waals surface area (Å²) in [4.78, 5) is 33.6. The molecule has 29 heavy (non-hydrogen) atoms. The number of fused-ring (bicyclic) bond motifs is 1.